The summed E-state index contributed by atoms with van der Waals surface area (Å²) in [7, 11) is 0. The summed E-state index contributed by atoms with van der Waals surface area (Å²) in [6.45, 7) is 0. The molecule has 1 aromatic heterocycles. The molecule has 0 N–H and O–H groups in total. The molecule has 2 rings (SSSR count). The molecule has 0 fully saturated rings. The zero-order chi connectivity index (χ0) is 14.3. The van der Waals surface area contributed by atoms with E-state index in [9.17, 15) is 20.2 Å². The average molecular weight is 284 g/mol. The number of nitrogens with zero attached hydrogens (tertiary/aromatic N) is 5. The molecule has 0 aliphatic carbocycles. The van der Waals surface area contributed by atoms with Crippen molar-refractivity contribution >= 4 is 23.0 Å². The molecule has 0 aliphatic heterocycles. The van der Waals surface area contributed by atoms with E-state index in [1.807, 2.05) is 0 Å². The third kappa shape index (κ3) is 5.00. The van der Waals surface area contributed by atoms with Gasteiger partial charge in [-0.05, 0) is 0 Å². The van der Waals surface area contributed by atoms with E-state index in [0.29, 0.717) is 0 Å². The van der Waals surface area contributed by atoms with Crippen LogP contribution in [0.5, 0.6) is 0 Å². The van der Waals surface area contributed by atoms with Gasteiger partial charge in [-0.3, -0.25) is 20.2 Å². The predicted octanol–water partition coefficient (Wildman–Crippen LogP) is 2.03. The first-order chi connectivity index (χ1) is 9.00. The molecule has 98 valence electrons. The SMILES string of the molecule is O=[N+]([O-])c1cc(Cl)cc([N+](=O)[O-])c1.c1ncncn1. The van der Waals surface area contributed by atoms with E-state index >= 15 is 0 Å². The van der Waals surface area contributed by atoms with Crippen molar-refractivity contribution in [2.24, 2.45) is 0 Å². The van der Waals surface area contributed by atoms with Crippen LogP contribution in [0.3, 0.4) is 0 Å². The largest absolute Gasteiger partial charge is 0.277 e. The molecule has 0 aliphatic rings. The second kappa shape index (κ2) is 6.91. The minimum atomic E-state index is -0.737. The van der Waals surface area contributed by atoms with Crippen molar-refractivity contribution in [3.63, 3.8) is 0 Å². The van der Waals surface area contributed by atoms with Crippen LogP contribution in [-0.4, -0.2) is 24.8 Å². The van der Waals surface area contributed by atoms with Crippen LogP contribution in [0.2, 0.25) is 5.02 Å². The zero-order valence-corrected chi connectivity index (χ0v) is 9.97. The molecule has 1 heterocycles. The Balaban J connectivity index is 0.000000250. The van der Waals surface area contributed by atoms with Gasteiger partial charge in [-0.15, -0.1) is 0 Å². The second-order valence-corrected chi connectivity index (χ2v) is 3.41. The van der Waals surface area contributed by atoms with Gasteiger partial charge in [-0.25, -0.2) is 15.0 Å². The van der Waals surface area contributed by atoms with Crippen LogP contribution in [-0.2, 0) is 0 Å². The van der Waals surface area contributed by atoms with Crippen LogP contribution in [0.1, 0.15) is 0 Å². The third-order valence-electron chi connectivity index (χ3n) is 1.69. The second-order valence-electron chi connectivity index (χ2n) is 2.98. The molecule has 0 atom stereocenters. The highest BCUT2D eigenvalue weighted by Crippen LogP contribution is 2.25. The number of non-ortho nitro benzene ring substituents is 2. The maximum atomic E-state index is 10.3. The molecule has 0 spiro atoms. The molecule has 0 unspecified atom stereocenters. The monoisotopic (exact) mass is 283 g/mol. The molecule has 0 saturated heterocycles. The van der Waals surface area contributed by atoms with Gasteiger partial charge in [0.2, 0.25) is 0 Å². The molecule has 1 aromatic carbocycles. The topological polar surface area (TPSA) is 125 Å². The molecule has 10 heteroatoms. The smallest absolute Gasteiger partial charge is 0.258 e. The molecule has 9 nitrogen and oxygen atoms in total. The summed E-state index contributed by atoms with van der Waals surface area (Å²) in [5, 5.41) is 20.5. The van der Waals surface area contributed by atoms with Gasteiger partial charge in [0, 0.05) is 12.1 Å². The van der Waals surface area contributed by atoms with E-state index in [2.05, 4.69) is 15.0 Å². The summed E-state index contributed by atoms with van der Waals surface area (Å²) in [6.07, 6.45) is 4.31. The van der Waals surface area contributed by atoms with Crippen molar-refractivity contribution in [1.29, 1.82) is 0 Å². The lowest BCUT2D eigenvalue weighted by Crippen LogP contribution is -1.92. The minimum Gasteiger partial charge on any atom is -0.258 e. The normalized spacial score (nSPS) is 9.11. The maximum absolute atomic E-state index is 10.3. The highest BCUT2D eigenvalue weighted by Gasteiger charge is 2.15. The first-order valence-electron chi connectivity index (χ1n) is 4.65. The number of hydrogen-bond donors (Lipinski definition) is 0. The number of hydrogen-bond acceptors (Lipinski definition) is 7. The highest BCUT2D eigenvalue weighted by molar-refractivity contribution is 6.31. The van der Waals surface area contributed by atoms with Crippen LogP contribution >= 0.6 is 11.6 Å². The molecular weight excluding hydrogens is 278 g/mol. The fourth-order valence-electron chi connectivity index (χ4n) is 0.975. The van der Waals surface area contributed by atoms with Crippen molar-refractivity contribution in [3.05, 3.63) is 62.4 Å². The van der Waals surface area contributed by atoms with E-state index in [-0.39, 0.29) is 16.4 Å². The number of nitro groups is 2. The fraction of sp³-hybridized carbons (Fsp3) is 0. The van der Waals surface area contributed by atoms with Crippen molar-refractivity contribution in [3.8, 4) is 0 Å². The summed E-state index contributed by atoms with van der Waals surface area (Å²) in [5.41, 5.74) is -0.779. The van der Waals surface area contributed by atoms with Gasteiger partial charge in [0.25, 0.3) is 11.4 Å². The van der Waals surface area contributed by atoms with Gasteiger partial charge < -0.3 is 0 Å². The zero-order valence-electron chi connectivity index (χ0n) is 9.21. The van der Waals surface area contributed by atoms with Crippen molar-refractivity contribution < 1.29 is 9.85 Å². The molecular formula is C9H6ClN5O4. The van der Waals surface area contributed by atoms with Gasteiger partial charge in [0.15, 0.2) is 0 Å². The van der Waals surface area contributed by atoms with Crippen LogP contribution < -0.4 is 0 Å². The first kappa shape index (κ1) is 14.4. The van der Waals surface area contributed by atoms with Gasteiger partial charge in [-0.1, -0.05) is 11.6 Å². The lowest BCUT2D eigenvalue weighted by atomic mass is 10.3. The number of rotatable bonds is 2. The van der Waals surface area contributed by atoms with Crippen LogP contribution in [0.4, 0.5) is 11.4 Å². The molecule has 0 radical (unpaired) electrons. The van der Waals surface area contributed by atoms with Crippen LogP contribution in [0.25, 0.3) is 0 Å². The summed E-state index contributed by atoms with van der Waals surface area (Å²) >= 11 is 5.43. The first-order valence-corrected chi connectivity index (χ1v) is 5.03. The lowest BCUT2D eigenvalue weighted by molar-refractivity contribution is -0.394. The highest BCUT2D eigenvalue weighted by atomic mass is 35.5. The summed E-state index contributed by atoms with van der Waals surface area (Å²) in [6, 6.07) is 2.95. The Labute approximate surface area is 111 Å². The van der Waals surface area contributed by atoms with E-state index < -0.39 is 9.85 Å². The Hall–Kier alpha value is -2.68. The van der Waals surface area contributed by atoms with Crippen LogP contribution in [0.15, 0.2) is 37.2 Å². The van der Waals surface area contributed by atoms with Gasteiger partial charge in [0.1, 0.15) is 19.0 Å². The Morgan fingerprint density at radius 1 is 0.842 bits per heavy atom. The predicted molar refractivity (Wildman–Crippen MR) is 64.6 cm³/mol. The summed E-state index contributed by atoms with van der Waals surface area (Å²) in [4.78, 5) is 29.7. The van der Waals surface area contributed by atoms with Crippen molar-refractivity contribution in [2.75, 3.05) is 0 Å². The molecule has 0 bridgehead atoms. The summed E-state index contributed by atoms with van der Waals surface area (Å²) in [5.74, 6) is 0. The van der Waals surface area contributed by atoms with Gasteiger partial charge in [0.05, 0.1) is 20.9 Å². The van der Waals surface area contributed by atoms with Crippen molar-refractivity contribution in [1.82, 2.24) is 15.0 Å². The minimum absolute atomic E-state index is 0.0269. The van der Waals surface area contributed by atoms with E-state index in [1.54, 1.807) is 0 Å². The summed E-state index contributed by atoms with van der Waals surface area (Å²) < 4.78 is 0. The Kier molecular flexibility index (Phi) is 5.23. The van der Waals surface area contributed by atoms with Crippen LogP contribution in [0, 0.1) is 20.2 Å². The number of benzene rings is 1. The van der Waals surface area contributed by atoms with Gasteiger partial charge >= 0.3 is 0 Å². The molecule has 0 saturated carbocycles. The number of nitro benzene ring substituents is 2. The quantitative estimate of drug-likeness (QED) is 0.609. The molecule has 0 amide bonds. The van der Waals surface area contributed by atoms with Crippen molar-refractivity contribution in [2.45, 2.75) is 0 Å². The van der Waals surface area contributed by atoms with Gasteiger partial charge in [-0.2, -0.15) is 0 Å². The Morgan fingerprint density at radius 3 is 1.47 bits per heavy atom. The van der Waals surface area contributed by atoms with E-state index in [0.717, 1.165) is 18.2 Å². The Bertz CT molecular complexity index is 521. The number of halogens is 1. The molecule has 2 aromatic rings. The lowest BCUT2D eigenvalue weighted by Gasteiger charge is -1.93. The van der Waals surface area contributed by atoms with E-state index in [1.165, 1.54) is 19.0 Å². The maximum Gasteiger partial charge on any atom is 0.277 e. The third-order valence-corrected chi connectivity index (χ3v) is 1.91. The van der Waals surface area contributed by atoms with E-state index in [4.69, 9.17) is 11.6 Å². The number of aromatic nitrogens is 3. The fourth-order valence-corrected chi connectivity index (χ4v) is 1.20. The Morgan fingerprint density at radius 2 is 1.21 bits per heavy atom. The molecule has 19 heavy (non-hydrogen) atoms. The standard InChI is InChI=1S/C6H3ClN2O4.C3H3N3/c7-4-1-5(8(10)11)3-6(2-4)9(12)13;1-4-2-6-3-5-1/h1-3H;1-3H. The average Bonchev–Trinajstić information content (AvgIpc) is 2.40.